The maximum Gasteiger partial charge on any atom is 0.281 e. The van der Waals surface area contributed by atoms with Crippen molar-refractivity contribution >= 4 is 31.6 Å². The number of hydrogen-bond donors (Lipinski definition) is 3. The molecular weight excluding hydrogens is 363 g/mol. The summed E-state index contributed by atoms with van der Waals surface area (Å²) in [6, 6.07) is 3.70. The van der Waals surface area contributed by atoms with Crippen LogP contribution in [-0.4, -0.2) is 25.7 Å². The Balaban J connectivity index is 2.39. The van der Waals surface area contributed by atoms with Crippen molar-refractivity contribution in [3.63, 3.8) is 0 Å². The molecule has 1 aromatic heterocycles. The fourth-order valence-electron chi connectivity index (χ4n) is 1.80. The highest BCUT2D eigenvalue weighted by molar-refractivity contribution is 9.10. The van der Waals surface area contributed by atoms with E-state index in [1.165, 1.54) is 18.2 Å². The molecule has 21 heavy (non-hydrogen) atoms. The van der Waals surface area contributed by atoms with Crippen molar-refractivity contribution in [2.45, 2.75) is 18.5 Å². The van der Waals surface area contributed by atoms with E-state index in [0.717, 1.165) is 0 Å². The first kappa shape index (κ1) is 15.9. The Morgan fingerprint density at radius 1 is 1.43 bits per heavy atom. The Hall–Kier alpha value is -1.45. The van der Waals surface area contributed by atoms with Gasteiger partial charge in [-0.25, -0.2) is 4.39 Å². The lowest BCUT2D eigenvalue weighted by Gasteiger charge is -2.09. The third kappa shape index (κ3) is 3.42. The first-order valence-corrected chi connectivity index (χ1v) is 8.29. The molecule has 0 fully saturated rings. The van der Waals surface area contributed by atoms with Gasteiger partial charge in [0.1, 0.15) is 5.82 Å². The fourth-order valence-corrected chi connectivity index (χ4v) is 3.66. The largest absolute Gasteiger partial charge is 0.316 e. The number of aryl methyl sites for hydroxylation is 1. The predicted molar refractivity (Wildman–Crippen MR) is 81.0 cm³/mol. The zero-order valence-corrected chi connectivity index (χ0v) is 13.8. The number of rotatable bonds is 5. The molecule has 0 radical (unpaired) electrons. The third-order valence-electron chi connectivity index (χ3n) is 2.82. The van der Waals surface area contributed by atoms with Crippen molar-refractivity contribution in [1.29, 1.82) is 0 Å². The first-order chi connectivity index (χ1) is 9.85. The smallest absolute Gasteiger partial charge is 0.281 e. The second-order valence-electron chi connectivity index (χ2n) is 4.39. The van der Waals surface area contributed by atoms with Gasteiger partial charge in [-0.2, -0.15) is 13.5 Å². The second-order valence-corrected chi connectivity index (χ2v) is 6.84. The average Bonchev–Trinajstić information content (AvgIpc) is 2.76. The average molecular weight is 377 g/mol. The van der Waals surface area contributed by atoms with Crippen LogP contribution in [0.25, 0.3) is 0 Å². The molecule has 0 spiro atoms. The van der Waals surface area contributed by atoms with Crippen LogP contribution in [-0.2, 0) is 16.6 Å². The number of aromatic nitrogens is 2. The highest BCUT2D eigenvalue weighted by Crippen LogP contribution is 2.26. The minimum Gasteiger partial charge on any atom is -0.316 e. The van der Waals surface area contributed by atoms with Gasteiger partial charge in [-0.3, -0.25) is 9.82 Å². The zero-order valence-electron chi connectivity index (χ0n) is 11.4. The molecule has 114 valence electrons. The maximum absolute atomic E-state index is 13.0. The van der Waals surface area contributed by atoms with Crippen molar-refractivity contribution < 1.29 is 12.8 Å². The number of halogens is 2. The Bertz CT molecular complexity index is 761. The Morgan fingerprint density at radius 3 is 2.76 bits per heavy atom. The minimum atomic E-state index is -3.87. The summed E-state index contributed by atoms with van der Waals surface area (Å²) in [6.07, 6.45) is 0. The molecule has 0 atom stereocenters. The van der Waals surface area contributed by atoms with E-state index in [0.29, 0.717) is 22.3 Å². The van der Waals surface area contributed by atoms with Crippen LogP contribution < -0.4 is 10.0 Å². The van der Waals surface area contributed by atoms with Crippen LogP contribution in [0.3, 0.4) is 0 Å². The van der Waals surface area contributed by atoms with Gasteiger partial charge in [0.2, 0.25) is 5.03 Å². The second kappa shape index (κ2) is 6.12. The molecule has 6 nitrogen and oxygen atoms in total. The van der Waals surface area contributed by atoms with Crippen LogP contribution in [0, 0.1) is 12.7 Å². The van der Waals surface area contributed by atoms with Gasteiger partial charge in [0, 0.05) is 22.3 Å². The summed E-state index contributed by atoms with van der Waals surface area (Å²) >= 11 is 3.12. The number of benzene rings is 1. The van der Waals surface area contributed by atoms with E-state index in [2.05, 4.69) is 36.2 Å². The highest BCUT2D eigenvalue weighted by Gasteiger charge is 2.24. The summed E-state index contributed by atoms with van der Waals surface area (Å²) in [5.41, 5.74) is 1.47. The SMILES string of the molecule is CNCc1c(S(=O)(=O)Nc2ccc(F)cc2Br)n[nH]c1C. The van der Waals surface area contributed by atoms with Crippen LogP contribution in [0.15, 0.2) is 27.7 Å². The van der Waals surface area contributed by atoms with Crippen molar-refractivity contribution in [1.82, 2.24) is 15.5 Å². The third-order valence-corrected chi connectivity index (χ3v) is 4.81. The zero-order chi connectivity index (χ0) is 15.6. The Kier molecular flexibility index (Phi) is 4.64. The van der Waals surface area contributed by atoms with E-state index in [1.54, 1.807) is 14.0 Å². The maximum atomic E-state index is 13.0. The summed E-state index contributed by atoms with van der Waals surface area (Å²) in [7, 11) is -2.15. The van der Waals surface area contributed by atoms with E-state index in [1.807, 2.05) is 0 Å². The molecule has 9 heteroatoms. The predicted octanol–water partition coefficient (Wildman–Crippen LogP) is 2.14. The van der Waals surface area contributed by atoms with Gasteiger partial charge < -0.3 is 5.32 Å². The lowest BCUT2D eigenvalue weighted by Crippen LogP contribution is -2.17. The number of nitrogens with one attached hydrogen (secondary N) is 3. The molecule has 0 aliphatic rings. The normalized spacial score (nSPS) is 11.6. The molecule has 0 aliphatic carbocycles. The Morgan fingerprint density at radius 2 is 2.14 bits per heavy atom. The van der Waals surface area contributed by atoms with Crippen molar-refractivity contribution in [3.8, 4) is 0 Å². The lowest BCUT2D eigenvalue weighted by molar-refractivity contribution is 0.594. The number of anilines is 1. The number of hydrogen-bond acceptors (Lipinski definition) is 4. The van der Waals surface area contributed by atoms with Crippen molar-refractivity contribution in [3.05, 3.63) is 39.7 Å². The van der Waals surface area contributed by atoms with Crippen LogP contribution in [0.2, 0.25) is 0 Å². The number of nitrogens with zero attached hydrogens (tertiary/aromatic N) is 1. The van der Waals surface area contributed by atoms with Crippen LogP contribution >= 0.6 is 15.9 Å². The summed E-state index contributed by atoms with van der Waals surface area (Å²) < 4.78 is 40.6. The molecule has 0 saturated heterocycles. The number of H-pyrrole nitrogens is 1. The van der Waals surface area contributed by atoms with E-state index in [-0.39, 0.29) is 10.7 Å². The monoisotopic (exact) mass is 376 g/mol. The summed E-state index contributed by atoms with van der Waals surface area (Å²) in [6.45, 7) is 2.11. The quantitative estimate of drug-likeness (QED) is 0.745. The molecule has 3 N–H and O–H groups in total. The molecule has 1 heterocycles. The highest BCUT2D eigenvalue weighted by atomic mass is 79.9. The topological polar surface area (TPSA) is 86.9 Å². The first-order valence-electron chi connectivity index (χ1n) is 6.01. The molecule has 0 bridgehead atoms. The summed E-state index contributed by atoms with van der Waals surface area (Å²) in [5, 5.41) is 9.32. The van der Waals surface area contributed by atoms with Gasteiger partial charge in [0.05, 0.1) is 5.69 Å². The number of sulfonamides is 1. The molecular formula is C12H14BrFN4O2S. The summed E-state index contributed by atoms with van der Waals surface area (Å²) in [4.78, 5) is 0. The molecule has 0 aliphatic heterocycles. The van der Waals surface area contributed by atoms with Gasteiger partial charge in [-0.1, -0.05) is 0 Å². The standard InChI is InChI=1S/C12H14BrFN4O2S/c1-7-9(6-15-2)12(17-16-7)21(19,20)18-11-4-3-8(14)5-10(11)13/h3-5,15,18H,6H2,1-2H3,(H,16,17). The molecule has 1 aromatic carbocycles. The minimum absolute atomic E-state index is 0.0782. The van der Waals surface area contributed by atoms with Crippen LogP contribution in [0.4, 0.5) is 10.1 Å². The van der Waals surface area contributed by atoms with Crippen molar-refractivity contribution in [2.75, 3.05) is 11.8 Å². The number of aromatic amines is 1. The van der Waals surface area contributed by atoms with Crippen LogP contribution in [0.5, 0.6) is 0 Å². The van der Waals surface area contributed by atoms with Gasteiger partial charge in [-0.05, 0) is 48.1 Å². The lowest BCUT2D eigenvalue weighted by atomic mass is 10.3. The molecule has 2 aromatic rings. The Labute approximate surface area is 130 Å². The molecule has 0 unspecified atom stereocenters. The summed E-state index contributed by atoms with van der Waals surface area (Å²) in [5.74, 6) is -0.462. The molecule has 2 rings (SSSR count). The fraction of sp³-hybridized carbons (Fsp3) is 0.250. The van der Waals surface area contributed by atoms with Gasteiger partial charge in [-0.15, -0.1) is 0 Å². The van der Waals surface area contributed by atoms with Crippen molar-refractivity contribution in [2.24, 2.45) is 0 Å². The van der Waals surface area contributed by atoms with E-state index < -0.39 is 15.8 Å². The van der Waals surface area contributed by atoms with Gasteiger partial charge >= 0.3 is 0 Å². The molecule has 0 amide bonds. The van der Waals surface area contributed by atoms with Crippen LogP contribution in [0.1, 0.15) is 11.3 Å². The van der Waals surface area contributed by atoms with Gasteiger partial charge in [0.15, 0.2) is 0 Å². The van der Waals surface area contributed by atoms with E-state index in [4.69, 9.17) is 0 Å². The van der Waals surface area contributed by atoms with E-state index >= 15 is 0 Å². The van der Waals surface area contributed by atoms with E-state index in [9.17, 15) is 12.8 Å². The van der Waals surface area contributed by atoms with Gasteiger partial charge in [0.25, 0.3) is 10.0 Å². The molecule has 0 saturated carbocycles.